The highest BCUT2D eigenvalue weighted by Crippen LogP contribution is 2.50. The van der Waals surface area contributed by atoms with Gasteiger partial charge in [0.05, 0.1) is 0 Å². The van der Waals surface area contributed by atoms with Crippen molar-refractivity contribution < 1.29 is 17.6 Å². The highest BCUT2D eigenvalue weighted by Gasteiger charge is 2.47. The molecule has 4 unspecified atom stereocenters. The van der Waals surface area contributed by atoms with Crippen molar-refractivity contribution in [2.45, 2.75) is 128 Å². The molecule has 0 aromatic carbocycles. The minimum absolute atomic E-state index is 0.0461. The van der Waals surface area contributed by atoms with Crippen LogP contribution in [0.2, 0.25) is 0 Å². The minimum Gasteiger partial charge on any atom is -0.244 e. The molecule has 0 saturated heterocycles. The van der Waals surface area contributed by atoms with E-state index in [0.717, 1.165) is 70.1 Å². The van der Waals surface area contributed by atoms with Crippen molar-refractivity contribution in [2.75, 3.05) is 0 Å². The van der Waals surface area contributed by atoms with Gasteiger partial charge in [-0.3, -0.25) is 0 Å². The lowest BCUT2D eigenvalue weighted by molar-refractivity contribution is -0.0818. The number of halogens is 4. The lowest BCUT2D eigenvalue weighted by atomic mass is 9.62. The summed E-state index contributed by atoms with van der Waals surface area (Å²) in [5.74, 6) is -0.437. The summed E-state index contributed by atoms with van der Waals surface area (Å²) in [5, 5.41) is 0. The molecule has 0 heterocycles. The highest BCUT2D eigenvalue weighted by molar-refractivity contribution is 4.96. The molecule has 4 saturated carbocycles. The molecule has 4 atom stereocenters. The van der Waals surface area contributed by atoms with Gasteiger partial charge in [-0.2, -0.15) is 0 Å². The molecule has 0 aromatic rings. The summed E-state index contributed by atoms with van der Waals surface area (Å²) in [7, 11) is 0. The van der Waals surface area contributed by atoms with Crippen LogP contribution in [0.25, 0.3) is 0 Å². The average Bonchev–Trinajstić information content (AvgIpc) is 2.82. The molecule has 4 rings (SSSR count). The first-order valence-electron chi connectivity index (χ1n) is 14.0. The second kappa shape index (κ2) is 10.5. The number of rotatable bonds is 5. The van der Waals surface area contributed by atoms with Gasteiger partial charge in [0.15, 0.2) is 0 Å². The van der Waals surface area contributed by atoms with Crippen molar-refractivity contribution in [3.8, 4) is 0 Å². The Bertz CT molecular complexity index is 568. The standard InChI is InChI=1S/C28H46F4/c1-3-28(31,32)23-14-12-20(13-15-23)19-8-10-22(11-9-19)25-17-16-24(26(29)27(25)30)21-6-4-18(2)5-7-21/h18-27H,3-17H2,1-2H3. The SMILES string of the molecule is CCC(F)(F)C1CCC(C2CCC(C3CCC(C4CCC(C)CC4)C(F)C3F)CC2)CC1. The third-order valence-corrected chi connectivity index (χ3v) is 10.6. The van der Waals surface area contributed by atoms with E-state index in [9.17, 15) is 8.78 Å². The zero-order valence-electron chi connectivity index (χ0n) is 20.4. The molecule has 4 heteroatoms. The zero-order chi connectivity index (χ0) is 22.9. The molecule has 4 aliphatic carbocycles. The van der Waals surface area contributed by atoms with Gasteiger partial charge in [-0.1, -0.05) is 26.7 Å². The molecule has 0 radical (unpaired) electrons. The molecule has 0 bridgehead atoms. The van der Waals surface area contributed by atoms with E-state index in [2.05, 4.69) is 6.92 Å². The molecule has 0 aromatic heterocycles. The molecule has 0 aliphatic heterocycles. The van der Waals surface area contributed by atoms with Gasteiger partial charge in [-0.25, -0.2) is 17.6 Å². The van der Waals surface area contributed by atoms with Gasteiger partial charge in [0.1, 0.15) is 12.3 Å². The smallest absolute Gasteiger partial charge is 0.244 e. The topological polar surface area (TPSA) is 0 Å². The Kier molecular flexibility index (Phi) is 8.19. The van der Waals surface area contributed by atoms with E-state index in [-0.39, 0.29) is 18.3 Å². The second-order valence-corrected chi connectivity index (χ2v) is 12.2. The van der Waals surface area contributed by atoms with Gasteiger partial charge < -0.3 is 0 Å². The van der Waals surface area contributed by atoms with Gasteiger partial charge in [-0.05, 0) is 118 Å². The summed E-state index contributed by atoms with van der Waals surface area (Å²) in [4.78, 5) is 0. The van der Waals surface area contributed by atoms with Gasteiger partial charge in [0, 0.05) is 12.3 Å². The van der Waals surface area contributed by atoms with E-state index < -0.39 is 24.2 Å². The molecule has 4 aliphatic rings. The lowest BCUT2D eigenvalue weighted by Gasteiger charge is -2.45. The van der Waals surface area contributed by atoms with Crippen molar-refractivity contribution in [1.82, 2.24) is 0 Å². The van der Waals surface area contributed by atoms with Crippen LogP contribution in [0.15, 0.2) is 0 Å². The minimum atomic E-state index is -2.50. The predicted molar refractivity (Wildman–Crippen MR) is 123 cm³/mol. The van der Waals surface area contributed by atoms with Crippen LogP contribution in [0, 0.1) is 47.3 Å². The van der Waals surface area contributed by atoms with Crippen molar-refractivity contribution in [3.63, 3.8) is 0 Å². The first kappa shape index (κ1) is 24.8. The molecule has 186 valence electrons. The molecule has 0 spiro atoms. The summed E-state index contributed by atoms with van der Waals surface area (Å²) >= 11 is 0. The third kappa shape index (κ3) is 5.35. The summed E-state index contributed by atoms with van der Waals surface area (Å²) in [6, 6.07) is 0. The Labute approximate surface area is 193 Å². The Morgan fingerprint density at radius 2 is 0.938 bits per heavy atom. The fourth-order valence-corrected chi connectivity index (χ4v) is 8.23. The van der Waals surface area contributed by atoms with E-state index in [1.807, 2.05) is 0 Å². The predicted octanol–water partition coefficient (Wildman–Crippen LogP) is 9.17. The van der Waals surface area contributed by atoms with Crippen LogP contribution >= 0.6 is 0 Å². The van der Waals surface area contributed by atoms with E-state index in [1.165, 1.54) is 12.8 Å². The van der Waals surface area contributed by atoms with Crippen LogP contribution in [-0.2, 0) is 0 Å². The van der Waals surface area contributed by atoms with Crippen LogP contribution in [0.5, 0.6) is 0 Å². The van der Waals surface area contributed by atoms with Crippen LogP contribution in [0.3, 0.4) is 0 Å². The fraction of sp³-hybridized carbons (Fsp3) is 1.00. The van der Waals surface area contributed by atoms with Gasteiger partial charge in [0.25, 0.3) is 5.92 Å². The first-order chi connectivity index (χ1) is 15.3. The second-order valence-electron chi connectivity index (χ2n) is 12.2. The maximum Gasteiger partial charge on any atom is 0.250 e. The van der Waals surface area contributed by atoms with Crippen LogP contribution < -0.4 is 0 Å². The third-order valence-electron chi connectivity index (χ3n) is 10.6. The average molecular weight is 459 g/mol. The zero-order valence-corrected chi connectivity index (χ0v) is 20.4. The van der Waals surface area contributed by atoms with E-state index in [4.69, 9.17) is 0 Å². The molecular weight excluding hydrogens is 412 g/mol. The summed E-state index contributed by atoms with van der Waals surface area (Å²) in [6.45, 7) is 3.87. The molecule has 32 heavy (non-hydrogen) atoms. The Hall–Kier alpha value is -0.280. The number of hydrogen-bond acceptors (Lipinski definition) is 0. The Morgan fingerprint density at radius 3 is 1.38 bits per heavy atom. The molecular formula is C28H46F4. The lowest BCUT2D eigenvalue weighted by Crippen LogP contribution is -2.45. The highest BCUT2D eigenvalue weighted by atomic mass is 19.3. The molecule has 0 nitrogen and oxygen atoms in total. The largest absolute Gasteiger partial charge is 0.250 e. The maximum absolute atomic E-state index is 15.3. The monoisotopic (exact) mass is 458 g/mol. The van der Waals surface area contributed by atoms with Crippen molar-refractivity contribution in [3.05, 3.63) is 0 Å². The summed E-state index contributed by atoms with van der Waals surface area (Å²) < 4.78 is 58.6. The number of alkyl halides is 4. The Balaban J connectivity index is 1.23. The van der Waals surface area contributed by atoms with Crippen molar-refractivity contribution >= 4 is 0 Å². The van der Waals surface area contributed by atoms with Crippen LogP contribution in [0.4, 0.5) is 17.6 Å². The first-order valence-corrected chi connectivity index (χ1v) is 14.0. The van der Waals surface area contributed by atoms with Gasteiger partial charge in [0.2, 0.25) is 0 Å². The summed E-state index contributed by atoms with van der Waals surface area (Å²) in [5.41, 5.74) is 0. The molecule has 0 amide bonds. The Morgan fingerprint density at radius 1 is 0.562 bits per heavy atom. The summed E-state index contributed by atoms with van der Waals surface area (Å²) in [6.07, 6.45) is 11.1. The van der Waals surface area contributed by atoms with Crippen molar-refractivity contribution in [2.24, 2.45) is 47.3 Å². The molecule has 0 N–H and O–H groups in total. The maximum atomic E-state index is 15.3. The normalized spacial score (nSPS) is 46.7. The van der Waals surface area contributed by atoms with Gasteiger partial charge >= 0.3 is 0 Å². The van der Waals surface area contributed by atoms with Gasteiger partial charge in [-0.15, -0.1) is 0 Å². The number of hydrogen-bond donors (Lipinski definition) is 0. The molecule has 4 fully saturated rings. The quantitative estimate of drug-likeness (QED) is 0.360. The van der Waals surface area contributed by atoms with Crippen LogP contribution in [0.1, 0.15) is 110 Å². The van der Waals surface area contributed by atoms with Crippen LogP contribution in [-0.4, -0.2) is 18.3 Å². The van der Waals surface area contributed by atoms with E-state index in [1.54, 1.807) is 6.92 Å². The van der Waals surface area contributed by atoms with Crippen molar-refractivity contribution in [1.29, 1.82) is 0 Å². The fourth-order valence-electron chi connectivity index (χ4n) is 8.23. The van der Waals surface area contributed by atoms with E-state index >= 15 is 8.78 Å². The van der Waals surface area contributed by atoms with E-state index in [0.29, 0.717) is 36.5 Å².